The molecule has 2 fully saturated rings. The van der Waals surface area contributed by atoms with Crippen LogP contribution in [-0.2, 0) is 0 Å². The summed E-state index contributed by atoms with van der Waals surface area (Å²) < 4.78 is 12.2. The predicted octanol–water partition coefficient (Wildman–Crippen LogP) is 5.26. The van der Waals surface area contributed by atoms with Crippen molar-refractivity contribution in [1.29, 1.82) is 5.26 Å². The van der Waals surface area contributed by atoms with Gasteiger partial charge in [0.05, 0.1) is 12.2 Å². The number of piperazine rings is 1. The molecule has 7 heteroatoms. The van der Waals surface area contributed by atoms with Crippen LogP contribution in [-0.4, -0.2) is 48.6 Å². The topological polar surface area (TPSA) is 91.4 Å². The molecule has 1 saturated carbocycles. The van der Waals surface area contributed by atoms with Gasteiger partial charge in [0.25, 0.3) is 5.91 Å². The van der Waals surface area contributed by atoms with Gasteiger partial charge in [0, 0.05) is 55.1 Å². The third kappa shape index (κ3) is 4.68. The summed E-state index contributed by atoms with van der Waals surface area (Å²) in [5, 5.41) is 13.0. The molecule has 1 amide bonds. The number of carbonyl (C=O) groups is 1. The number of rotatable bonds is 6. The Labute approximate surface area is 215 Å². The average molecular weight is 493 g/mol. The van der Waals surface area contributed by atoms with Gasteiger partial charge < -0.3 is 19.4 Å². The second-order valence-electron chi connectivity index (χ2n) is 9.73. The number of furan rings is 1. The number of carbonyl (C=O) groups excluding carboxylic acids is 1. The molecule has 6 rings (SSSR count). The summed E-state index contributed by atoms with van der Waals surface area (Å²) in [5.74, 6) is 1.95. The van der Waals surface area contributed by atoms with Crippen molar-refractivity contribution in [2.24, 2.45) is 5.92 Å². The highest BCUT2D eigenvalue weighted by atomic mass is 16.5. The molecule has 1 saturated heterocycles. The lowest BCUT2D eigenvalue weighted by molar-refractivity contribution is 0.0736. The van der Waals surface area contributed by atoms with E-state index < -0.39 is 0 Å². The van der Waals surface area contributed by atoms with Crippen LogP contribution < -0.4 is 10.1 Å². The van der Waals surface area contributed by atoms with Gasteiger partial charge in [-0.3, -0.25) is 9.78 Å². The highest BCUT2D eigenvalue weighted by Gasteiger charge is 2.20. The van der Waals surface area contributed by atoms with Gasteiger partial charge in [-0.05, 0) is 54.7 Å². The van der Waals surface area contributed by atoms with Crippen LogP contribution >= 0.6 is 0 Å². The number of nitriles is 1. The average Bonchev–Trinajstić information content (AvgIpc) is 3.37. The number of benzene rings is 2. The maximum absolute atomic E-state index is 12.8. The molecule has 2 aromatic heterocycles. The molecule has 186 valence electrons. The Morgan fingerprint density at radius 1 is 1.08 bits per heavy atom. The second kappa shape index (κ2) is 10.1. The van der Waals surface area contributed by atoms with Crippen LogP contribution in [0.1, 0.15) is 35.2 Å². The standard InChI is InChI=1S/C30H28N4O3/c31-18-24-16-23(8-9-27(24)36-19-20-2-1-3-20)25-10-11-33-26-17-28(37-29(25)26)21-4-6-22(7-5-21)30(35)34-14-12-32-13-15-34/h4-11,16-17,20,32H,1-3,12-15,19H2. The molecule has 0 atom stereocenters. The third-order valence-electron chi connectivity index (χ3n) is 7.34. The van der Waals surface area contributed by atoms with E-state index >= 15 is 0 Å². The number of hydrogen-bond donors (Lipinski definition) is 1. The molecule has 0 radical (unpaired) electrons. The smallest absolute Gasteiger partial charge is 0.253 e. The Morgan fingerprint density at radius 3 is 2.59 bits per heavy atom. The van der Waals surface area contributed by atoms with Crippen LogP contribution in [0, 0.1) is 17.2 Å². The molecule has 1 N–H and O–H groups in total. The van der Waals surface area contributed by atoms with E-state index in [0.29, 0.717) is 40.7 Å². The lowest BCUT2D eigenvalue weighted by Gasteiger charge is -2.27. The number of nitrogens with zero attached hydrogens (tertiary/aromatic N) is 3. The number of pyridine rings is 1. The van der Waals surface area contributed by atoms with Gasteiger partial charge in [-0.15, -0.1) is 0 Å². The first-order valence-corrected chi connectivity index (χ1v) is 12.9. The van der Waals surface area contributed by atoms with Crippen LogP contribution in [0.15, 0.2) is 65.2 Å². The minimum Gasteiger partial charge on any atom is -0.492 e. The van der Waals surface area contributed by atoms with Crippen molar-refractivity contribution in [1.82, 2.24) is 15.2 Å². The van der Waals surface area contributed by atoms with E-state index in [4.69, 9.17) is 9.15 Å². The summed E-state index contributed by atoms with van der Waals surface area (Å²) in [4.78, 5) is 19.2. The molecule has 2 aromatic carbocycles. The van der Waals surface area contributed by atoms with E-state index in [1.165, 1.54) is 19.3 Å². The van der Waals surface area contributed by atoms with Crippen molar-refractivity contribution in [2.45, 2.75) is 19.3 Å². The van der Waals surface area contributed by atoms with E-state index in [0.717, 1.165) is 48.4 Å². The number of fused-ring (bicyclic) bond motifs is 1. The largest absolute Gasteiger partial charge is 0.492 e. The van der Waals surface area contributed by atoms with Gasteiger partial charge in [0.15, 0.2) is 5.58 Å². The number of aromatic nitrogens is 1. The second-order valence-corrected chi connectivity index (χ2v) is 9.73. The molecule has 1 aliphatic carbocycles. The van der Waals surface area contributed by atoms with Gasteiger partial charge in [-0.25, -0.2) is 0 Å². The van der Waals surface area contributed by atoms with Crippen LogP contribution in [0.2, 0.25) is 0 Å². The molecule has 7 nitrogen and oxygen atoms in total. The van der Waals surface area contributed by atoms with Crippen LogP contribution in [0.3, 0.4) is 0 Å². The fourth-order valence-corrected chi connectivity index (χ4v) is 4.91. The van der Waals surface area contributed by atoms with Gasteiger partial charge in [-0.1, -0.05) is 24.6 Å². The summed E-state index contributed by atoms with van der Waals surface area (Å²) >= 11 is 0. The van der Waals surface area contributed by atoms with Crippen molar-refractivity contribution >= 4 is 17.0 Å². The Bertz CT molecular complexity index is 1480. The third-order valence-corrected chi connectivity index (χ3v) is 7.34. The van der Waals surface area contributed by atoms with E-state index in [1.807, 2.05) is 59.5 Å². The summed E-state index contributed by atoms with van der Waals surface area (Å²) in [5.41, 5.74) is 5.19. The number of ether oxygens (including phenoxy) is 1. The summed E-state index contributed by atoms with van der Waals surface area (Å²) in [6.07, 6.45) is 5.41. The van der Waals surface area contributed by atoms with Crippen LogP contribution in [0.25, 0.3) is 33.6 Å². The number of nitrogens with one attached hydrogen (secondary N) is 1. The van der Waals surface area contributed by atoms with Crippen LogP contribution in [0.5, 0.6) is 5.75 Å². The first-order valence-electron chi connectivity index (χ1n) is 12.9. The highest BCUT2D eigenvalue weighted by Crippen LogP contribution is 2.36. The Balaban J connectivity index is 1.26. The maximum atomic E-state index is 12.8. The Hall–Kier alpha value is -4.15. The van der Waals surface area contributed by atoms with Crippen molar-refractivity contribution < 1.29 is 13.9 Å². The van der Waals surface area contributed by atoms with Crippen molar-refractivity contribution in [3.8, 4) is 34.3 Å². The van der Waals surface area contributed by atoms with E-state index in [-0.39, 0.29) is 5.91 Å². The minimum absolute atomic E-state index is 0.0509. The zero-order chi connectivity index (χ0) is 25.2. The quantitative estimate of drug-likeness (QED) is 0.395. The van der Waals surface area contributed by atoms with Crippen molar-refractivity contribution in [3.63, 3.8) is 0 Å². The summed E-state index contributed by atoms with van der Waals surface area (Å²) in [6, 6.07) is 19.3. The van der Waals surface area contributed by atoms with E-state index in [1.54, 1.807) is 6.20 Å². The molecular formula is C30H28N4O3. The van der Waals surface area contributed by atoms with Gasteiger partial charge in [-0.2, -0.15) is 5.26 Å². The predicted molar refractivity (Wildman–Crippen MR) is 141 cm³/mol. The number of amides is 1. The molecule has 0 spiro atoms. The maximum Gasteiger partial charge on any atom is 0.253 e. The molecule has 37 heavy (non-hydrogen) atoms. The molecule has 3 heterocycles. The molecule has 2 aliphatic rings. The zero-order valence-corrected chi connectivity index (χ0v) is 20.6. The Kier molecular flexibility index (Phi) is 6.33. The monoisotopic (exact) mass is 492 g/mol. The highest BCUT2D eigenvalue weighted by molar-refractivity contribution is 5.95. The lowest BCUT2D eigenvalue weighted by Crippen LogP contribution is -2.46. The fourth-order valence-electron chi connectivity index (χ4n) is 4.91. The first kappa shape index (κ1) is 23.3. The number of hydrogen-bond acceptors (Lipinski definition) is 6. The fraction of sp³-hybridized carbons (Fsp3) is 0.300. The van der Waals surface area contributed by atoms with E-state index in [9.17, 15) is 10.1 Å². The molecule has 0 bridgehead atoms. The first-order chi connectivity index (χ1) is 18.2. The molecule has 4 aromatic rings. The lowest BCUT2D eigenvalue weighted by atomic mass is 9.86. The van der Waals surface area contributed by atoms with Gasteiger partial charge in [0.1, 0.15) is 23.1 Å². The SMILES string of the molecule is N#Cc1cc(-c2ccnc3cc(-c4ccc(C(=O)N5CCNCC5)cc4)oc23)ccc1OCC1CCC1. The molecular weight excluding hydrogens is 464 g/mol. The van der Waals surface area contributed by atoms with Crippen molar-refractivity contribution in [2.75, 3.05) is 32.8 Å². The van der Waals surface area contributed by atoms with Gasteiger partial charge >= 0.3 is 0 Å². The normalized spacial score (nSPS) is 15.8. The molecule has 1 aliphatic heterocycles. The molecule has 0 unspecified atom stereocenters. The minimum atomic E-state index is 0.0509. The van der Waals surface area contributed by atoms with Crippen LogP contribution in [0.4, 0.5) is 0 Å². The Morgan fingerprint density at radius 2 is 1.86 bits per heavy atom. The summed E-state index contributed by atoms with van der Waals surface area (Å²) in [7, 11) is 0. The zero-order valence-electron chi connectivity index (χ0n) is 20.6. The summed E-state index contributed by atoms with van der Waals surface area (Å²) in [6.45, 7) is 3.75. The van der Waals surface area contributed by atoms with E-state index in [2.05, 4.69) is 16.4 Å². The van der Waals surface area contributed by atoms with Crippen molar-refractivity contribution in [3.05, 3.63) is 71.9 Å². The van der Waals surface area contributed by atoms with Gasteiger partial charge in [0.2, 0.25) is 0 Å².